The molecule has 1 N–H and O–H groups in total. The van der Waals surface area contributed by atoms with Crippen LogP contribution in [0.15, 0.2) is 91.3 Å². The Bertz CT molecular complexity index is 1170. The molecule has 2 atom stereocenters. The van der Waals surface area contributed by atoms with Crippen molar-refractivity contribution in [2.75, 3.05) is 0 Å². The van der Waals surface area contributed by atoms with Gasteiger partial charge >= 0.3 is 0 Å². The lowest BCUT2D eigenvalue weighted by atomic mass is 10.0. The molecule has 1 saturated heterocycles. The molecule has 4 aromatic rings. The fourth-order valence-corrected chi connectivity index (χ4v) is 4.59. The van der Waals surface area contributed by atoms with Gasteiger partial charge in [0.05, 0.1) is 30.0 Å². The number of pyridine rings is 2. The van der Waals surface area contributed by atoms with Gasteiger partial charge in [0.2, 0.25) is 0 Å². The standard InChI is InChI=1S/C25H23N5S/c1-18-13-14-22(30(18)20-10-3-2-4-11-20)24-23(21-12-6-8-16-27-21)28-25(31)29(24)17-19-9-5-7-15-26-19/h2-16,23-24H,17H2,1H3,(H,28,31)/t23-,24-/m1/s1. The van der Waals surface area contributed by atoms with Crippen molar-refractivity contribution < 1.29 is 0 Å². The zero-order valence-corrected chi connectivity index (χ0v) is 18.0. The quantitative estimate of drug-likeness (QED) is 0.468. The zero-order valence-electron chi connectivity index (χ0n) is 17.2. The van der Waals surface area contributed by atoms with Crippen LogP contribution in [0.4, 0.5) is 0 Å². The Morgan fingerprint density at radius 1 is 0.871 bits per heavy atom. The average Bonchev–Trinajstić information content (AvgIpc) is 3.35. The van der Waals surface area contributed by atoms with Crippen LogP contribution < -0.4 is 5.32 Å². The first kappa shape index (κ1) is 19.5. The van der Waals surface area contributed by atoms with Crippen molar-refractivity contribution in [2.45, 2.75) is 25.6 Å². The Morgan fingerprint density at radius 3 is 2.32 bits per heavy atom. The van der Waals surface area contributed by atoms with Crippen molar-refractivity contribution in [3.05, 3.63) is 114 Å². The molecule has 0 saturated carbocycles. The molecule has 31 heavy (non-hydrogen) atoms. The topological polar surface area (TPSA) is 46.0 Å². The van der Waals surface area contributed by atoms with Crippen molar-refractivity contribution in [1.29, 1.82) is 0 Å². The van der Waals surface area contributed by atoms with Gasteiger partial charge in [-0.25, -0.2) is 0 Å². The molecular formula is C25H23N5S. The van der Waals surface area contributed by atoms with E-state index in [4.69, 9.17) is 12.2 Å². The Morgan fingerprint density at radius 2 is 1.61 bits per heavy atom. The third-order valence-corrected chi connectivity index (χ3v) is 6.03. The second kappa shape index (κ2) is 8.32. The van der Waals surface area contributed by atoms with Gasteiger partial charge < -0.3 is 14.8 Å². The van der Waals surface area contributed by atoms with Crippen LogP contribution in [0.25, 0.3) is 5.69 Å². The predicted molar refractivity (Wildman–Crippen MR) is 126 cm³/mol. The van der Waals surface area contributed by atoms with E-state index in [1.54, 1.807) is 0 Å². The van der Waals surface area contributed by atoms with Gasteiger partial charge in [0.25, 0.3) is 0 Å². The molecule has 0 aliphatic carbocycles. The third-order valence-electron chi connectivity index (χ3n) is 5.68. The monoisotopic (exact) mass is 425 g/mol. The van der Waals surface area contributed by atoms with E-state index in [2.05, 4.69) is 74.1 Å². The van der Waals surface area contributed by atoms with Crippen LogP contribution in [0.3, 0.4) is 0 Å². The van der Waals surface area contributed by atoms with Crippen LogP contribution in [0, 0.1) is 6.92 Å². The number of aromatic nitrogens is 3. The number of hydrogen-bond acceptors (Lipinski definition) is 3. The minimum absolute atomic E-state index is 0.0293. The maximum absolute atomic E-state index is 5.81. The van der Waals surface area contributed by atoms with Gasteiger partial charge in [-0.1, -0.05) is 30.3 Å². The van der Waals surface area contributed by atoms with Gasteiger partial charge in [0.1, 0.15) is 0 Å². The van der Waals surface area contributed by atoms with E-state index in [-0.39, 0.29) is 12.1 Å². The van der Waals surface area contributed by atoms with Gasteiger partial charge in [0, 0.05) is 29.5 Å². The number of aryl methyl sites for hydroxylation is 1. The Kier molecular flexibility index (Phi) is 5.22. The largest absolute Gasteiger partial charge is 0.352 e. The highest BCUT2D eigenvalue weighted by molar-refractivity contribution is 7.80. The molecule has 0 amide bonds. The summed E-state index contributed by atoms with van der Waals surface area (Å²) < 4.78 is 2.31. The summed E-state index contributed by atoms with van der Waals surface area (Å²) in [6.07, 6.45) is 3.66. The molecule has 1 fully saturated rings. The number of nitrogens with one attached hydrogen (secondary N) is 1. The predicted octanol–water partition coefficient (Wildman–Crippen LogP) is 4.75. The summed E-state index contributed by atoms with van der Waals surface area (Å²) in [5, 5.41) is 4.24. The number of thiocarbonyl (C=S) groups is 1. The van der Waals surface area contributed by atoms with Crippen molar-refractivity contribution >= 4 is 17.3 Å². The highest BCUT2D eigenvalue weighted by Crippen LogP contribution is 2.40. The van der Waals surface area contributed by atoms with Crippen LogP contribution in [-0.2, 0) is 6.54 Å². The minimum atomic E-state index is -0.0609. The van der Waals surface area contributed by atoms with E-state index in [0.717, 1.165) is 17.1 Å². The first-order valence-corrected chi connectivity index (χ1v) is 10.7. The Hall–Kier alpha value is -3.51. The second-order valence-corrected chi connectivity index (χ2v) is 8.03. The fraction of sp³-hybridized carbons (Fsp3) is 0.160. The molecule has 0 radical (unpaired) electrons. The van der Waals surface area contributed by atoms with Crippen LogP contribution in [0.5, 0.6) is 0 Å². The lowest BCUT2D eigenvalue weighted by molar-refractivity contribution is 0.299. The van der Waals surface area contributed by atoms with Crippen molar-refractivity contribution in [3.63, 3.8) is 0 Å². The van der Waals surface area contributed by atoms with Crippen LogP contribution in [0.1, 0.15) is 34.9 Å². The molecule has 0 unspecified atom stereocenters. The van der Waals surface area contributed by atoms with Gasteiger partial charge in [-0.3, -0.25) is 9.97 Å². The molecule has 4 heterocycles. The number of benzene rings is 1. The molecule has 0 bridgehead atoms. The van der Waals surface area contributed by atoms with E-state index < -0.39 is 0 Å². The van der Waals surface area contributed by atoms with Gasteiger partial charge in [-0.15, -0.1) is 0 Å². The van der Waals surface area contributed by atoms with E-state index in [0.29, 0.717) is 11.7 Å². The fourth-order valence-electron chi connectivity index (χ4n) is 4.28. The van der Waals surface area contributed by atoms with E-state index >= 15 is 0 Å². The summed E-state index contributed by atoms with van der Waals surface area (Å²) in [7, 11) is 0. The number of nitrogens with zero attached hydrogens (tertiary/aromatic N) is 4. The summed E-state index contributed by atoms with van der Waals surface area (Å²) >= 11 is 5.81. The molecule has 5 nitrogen and oxygen atoms in total. The number of rotatable bonds is 5. The van der Waals surface area contributed by atoms with E-state index in [9.17, 15) is 0 Å². The summed E-state index contributed by atoms with van der Waals surface area (Å²) in [6, 6.07) is 26.7. The summed E-state index contributed by atoms with van der Waals surface area (Å²) in [4.78, 5) is 11.4. The maximum Gasteiger partial charge on any atom is 0.170 e. The molecule has 1 aromatic carbocycles. The van der Waals surface area contributed by atoms with Crippen molar-refractivity contribution in [1.82, 2.24) is 24.8 Å². The normalized spacial score (nSPS) is 18.2. The molecular weight excluding hydrogens is 402 g/mol. The summed E-state index contributed by atoms with van der Waals surface area (Å²) in [5.74, 6) is 0. The average molecular weight is 426 g/mol. The van der Waals surface area contributed by atoms with E-state index in [1.807, 2.05) is 48.8 Å². The van der Waals surface area contributed by atoms with Crippen LogP contribution in [-0.4, -0.2) is 24.5 Å². The van der Waals surface area contributed by atoms with Gasteiger partial charge in [-0.2, -0.15) is 0 Å². The molecule has 154 valence electrons. The number of hydrogen-bond donors (Lipinski definition) is 1. The van der Waals surface area contributed by atoms with E-state index in [1.165, 1.54) is 11.4 Å². The van der Waals surface area contributed by atoms with Crippen LogP contribution in [0.2, 0.25) is 0 Å². The third kappa shape index (κ3) is 3.70. The highest BCUT2D eigenvalue weighted by atomic mass is 32.1. The minimum Gasteiger partial charge on any atom is -0.352 e. The lowest BCUT2D eigenvalue weighted by Gasteiger charge is -2.29. The molecule has 1 aliphatic rings. The maximum atomic E-state index is 5.81. The Balaban J connectivity index is 1.63. The van der Waals surface area contributed by atoms with Gasteiger partial charge in [-0.05, 0) is 67.7 Å². The lowest BCUT2D eigenvalue weighted by Crippen LogP contribution is -2.30. The first-order valence-electron chi connectivity index (χ1n) is 10.3. The van der Waals surface area contributed by atoms with Crippen molar-refractivity contribution in [2.24, 2.45) is 0 Å². The molecule has 0 spiro atoms. The molecule has 1 aliphatic heterocycles. The summed E-state index contributed by atoms with van der Waals surface area (Å²) in [6.45, 7) is 2.76. The second-order valence-electron chi connectivity index (χ2n) is 7.65. The molecule has 3 aromatic heterocycles. The Labute approximate surface area is 187 Å². The smallest absolute Gasteiger partial charge is 0.170 e. The SMILES string of the molecule is Cc1ccc([C@@H]2[C@@H](c3ccccn3)NC(=S)N2Cc2ccccn2)n1-c1ccccc1. The molecule has 6 heteroatoms. The van der Waals surface area contributed by atoms with Crippen molar-refractivity contribution in [3.8, 4) is 5.69 Å². The first-order chi connectivity index (χ1) is 15.2. The summed E-state index contributed by atoms with van der Waals surface area (Å²) in [5.41, 5.74) is 5.43. The zero-order chi connectivity index (χ0) is 21.2. The van der Waals surface area contributed by atoms with Gasteiger partial charge in [0.15, 0.2) is 5.11 Å². The number of para-hydroxylation sites is 1. The molecule has 5 rings (SSSR count). The van der Waals surface area contributed by atoms with Crippen LogP contribution >= 0.6 is 12.2 Å². The highest BCUT2D eigenvalue weighted by Gasteiger charge is 2.41.